The minimum atomic E-state index is 0.714. The van der Waals surface area contributed by atoms with Gasteiger partial charge < -0.3 is 4.42 Å². The van der Waals surface area contributed by atoms with E-state index in [1.807, 2.05) is 6.20 Å². The van der Waals surface area contributed by atoms with E-state index in [1.165, 1.54) is 66.3 Å². The molecular weight excluding hydrogens is 392 g/mol. The summed E-state index contributed by atoms with van der Waals surface area (Å²) in [6, 6.07) is 17.5. The van der Waals surface area contributed by atoms with E-state index in [0.29, 0.717) is 5.71 Å². The predicted octanol–water partition coefficient (Wildman–Crippen LogP) is 7.06. The first kappa shape index (κ1) is 19.5. The fraction of sp³-hybridized carbons (Fsp3) is 0.310. The van der Waals surface area contributed by atoms with Crippen molar-refractivity contribution in [3.05, 3.63) is 72.1 Å². The van der Waals surface area contributed by atoms with E-state index >= 15 is 0 Å². The Bertz CT molecular complexity index is 1460. The van der Waals surface area contributed by atoms with Gasteiger partial charge in [-0.1, -0.05) is 68.5 Å². The number of pyridine rings is 2. The van der Waals surface area contributed by atoms with Crippen molar-refractivity contribution in [3.8, 4) is 11.3 Å². The molecule has 0 saturated heterocycles. The predicted molar refractivity (Wildman–Crippen MR) is 131 cm³/mol. The summed E-state index contributed by atoms with van der Waals surface area (Å²) in [4.78, 5) is 4.65. The number of aryl methyl sites for hydroxylation is 2. The van der Waals surface area contributed by atoms with Crippen LogP contribution in [-0.4, -0.2) is 4.98 Å². The molecule has 3 heteroatoms. The Morgan fingerprint density at radius 2 is 1.84 bits per heavy atom. The van der Waals surface area contributed by atoms with Gasteiger partial charge in [0.25, 0.3) is 0 Å². The zero-order valence-corrected chi connectivity index (χ0v) is 18.9. The molecule has 160 valence electrons. The van der Waals surface area contributed by atoms with Crippen LogP contribution in [0.15, 0.2) is 65.3 Å². The van der Waals surface area contributed by atoms with Crippen LogP contribution in [-0.2, 0) is 13.5 Å². The van der Waals surface area contributed by atoms with Gasteiger partial charge in [0, 0.05) is 29.1 Å². The Morgan fingerprint density at radius 3 is 2.72 bits per heavy atom. The fourth-order valence-electron chi connectivity index (χ4n) is 5.60. The molecule has 0 spiro atoms. The molecule has 32 heavy (non-hydrogen) atoms. The van der Waals surface area contributed by atoms with Gasteiger partial charge in [0.2, 0.25) is 11.4 Å². The van der Waals surface area contributed by atoms with Crippen LogP contribution in [0.5, 0.6) is 0 Å². The normalized spacial score (nSPS) is 15.2. The molecule has 2 aromatic carbocycles. The highest BCUT2D eigenvalue weighted by atomic mass is 16.3. The van der Waals surface area contributed by atoms with Crippen molar-refractivity contribution >= 4 is 32.8 Å². The number of furan rings is 1. The summed E-state index contributed by atoms with van der Waals surface area (Å²) in [6.45, 7) is 2.18. The summed E-state index contributed by atoms with van der Waals surface area (Å²) < 4.78 is 8.67. The first-order valence-corrected chi connectivity index (χ1v) is 11.9. The molecule has 1 fully saturated rings. The van der Waals surface area contributed by atoms with E-state index in [1.54, 1.807) is 0 Å². The van der Waals surface area contributed by atoms with Crippen molar-refractivity contribution in [2.45, 2.75) is 45.4 Å². The summed E-state index contributed by atoms with van der Waals surface area (Å²) in [5.74, 6) is 0.822. The molecule has 0 radical (unpaired) electrons. The second-order valence-corrected chi connectivity index (χ2v) is 9.50. The van der Waals surface area contributed by atoms with Crippen molar-refractivity contribution in [1.82, 2.24) is 4.98 Å². The molecule has 1 aliphatic rings. The number of hydrogen-bond acceptors (Lipinski definition) is 2. The highest BCUT2D eigenvalue weighted by Gasteiger charge is 2.23. The first-order chi connectivity index (χ1) is 15.7. The van der Waals surface area contributed by atoms with Gasteiger partial charge in [-0.25, -0.2) is 9.55 Å². The highest BCUT2D eigenvalue weighted by molar-refractivity contribution is 6.19. The zero-order chi connectivity index (χ0) is 21.7. The minimum Gasteiger partial charge on any atom is -0.437 e. The van der Waals surface area contributed by atoms with Crippen molar-refractivity contribution in [1.29, 1.82) is 0 Å². The molecule has 0 bridgehead atoms. The van der Waals surface area contributed by atoms with E-state index in [2.05, 4.69) is 78.3 Å². The van der Waals surface area contributed by atoms with E-state index in [9.17, 15) is 0 Å². The van der Waals surface area contributed by atoms with Crippen LogP contribution in [0.2, 0.25) is 0 Å². The molecule has 3 nitrogen and oxygen atoms in total. The smallest absolute Gasteiger partial charge is 0.227 e. The summed E-state index contributed by atoms with van der Waals surface area (Å²) >= 11 is 0. The average molecular weight is 422 g/mol. The quantitative estimate of drug-likeness (QED) is 0.292. The Balaban J connectivity index is 1.55. The molecule has 1 aliphatic carbocycles. The molecule has 0 unspecified atom stereocenters. The zero-order valence-electron chi connectivity index (χ0n) is 18.9. The van der Waals surface area contributed by atoms with Gasteiger partial charge in [-0.15, -0.1) is 0 Å². The number of nitrogens with zero attached hydrogens (tertiary/aromatic N) is 2. The third kappa shape index (κ3) is 3.19. The lowest BCUT2D eigenvalue weighted by molar-refractivity contribution is -0.660. The standard InChI is InChI=1S/C29H29N2O/c1-19-12-13-24-27-23-11-7-6-10-22(23)18-30-29(27)32-28(24)26(19)25-17-21(14-15-31(25)2)16-20-8-4-3-5-9-20/h6-7,10-15,17-18,20H,3-5,8-9,16H2,1-2H3/q+1. The van der Waals surface area contributed by atoms with Gasteiger partial charge in [0.15, 0.2) is 11.8 Å². The summed E-state index contributed by atoms with van der Waals surface area (Å²) in [5.41, 5.74) is 6.70. The van der Waals surface area contributed by atoms with Crippen molar-refractivity contribution in [3.63, 3.8) is 0 Å². The van der Waals surface area contributed by atoms with Gasteiger partial charge in [-0.05, 0) is 35.8 Å². The SMILES string of the molecule is Cc1ccc2c(oc3ncc4ccccc4c32)c1-c1cc(CC2CCCCC2)cc[n+]1C. The highest BCUT2D eigenvalue weighted by Crippen LogP contribution is 2.39. The fourth-order valence-corrected chi connectivity index (χ4v) is 5.60. The van der Waals surface area contributed by atoms with Crippen LogP contribution in [0.3, 0.4) is 0 Å². The largest absolute Gasteiger partial charge is 0.437 e. The maximum Gasteiger partial charge on any atom is 0.227 e. The van der Waals surface area contributed by atoms with Crippen LogP contribution < -0.4 is 4.57 Å². The second-order valence-electron chi connectivity index (χ2n) is 9.50. The number of rotatable bonds is 3. The Morgan fingerprint density at radius 1 is 1.00 bits per heavy atom. The number of benzene rings is 2. The van der Waals surface area contributed by atoms with Crippen LogP contribution in [0.1, 0.15) is 43.2 Å². The Labute approximate surface area is 188 Å². The van der Waals surface area contributed by atoms with E-state index in [4.69, 9.17) is 4.42 Å². The van der Waals surface area contributed by atoms with Gasteiger partial charge in [-0.2, -0.15) is 0 Å². The van der Waals surface area contributed by atoms with Gasteiger partial charge >= 0.3 is 0 Å². The minimum absolute atomic E-state index is 0.714. The Kier molecular flexibility index (Phi) is 4.71. The van der Waals surface area contributed by atoms with Crippen molar-refractivity contribution in [2.75, 3.05) is 0 Å². The monoisotopic (exact) mass is 421 g/mol. The Hall–Kier alpha value is -3.20. The van der Waals surface area contributed by atoms with Crippen molar-refractivity contribution in [2.24, 2.45) is 13.0 Å². The van der Waals surface area contributed by atoms with Crippen LogP contribution in [0.4, 0.5) is 0 Å². The van der Waals surface area contributed by atoms with E-state index < -0.39 is 0 Å². The lowest BCUT2D eigenvalue weighted by Crippen LogP contribution is -2.31. The lowest BCUT2D eigenvalue weighted by Gasteiger charge is -2.21. The average Bonchev–Trinajstić information content (AvgIpc) is 3.20. The van der Waals surface area contributed by atoms with E-state index in [0.717, 1.165) is 27.7 Å². The molecule has 3 aromatic heterocycles. The van der Waals surface area contributed by atoms with Gasteiger partial charge in [0.1, 0.15) is 7.05 Å². The molecule has 0 amide bonds. The van der Waals surface area contributed by atoms with Crippen molar-refractivity contribution < 1.29 is 8.98 Å². The summed E-state index contributed by atoms with van der Waals surface area (Å²) in [6.07, 6.45) is 12.2. The number of aromatic nitrogens is 2. The number of hydrogen-bond donors (Lipinski definition) is 0. The maximum absolute atomic E-state index is 6.45. The molecule has 1 saturated carbocycles. The summed E-state index contributed by atoms with van der Waals surface area (Å²) in [7, 11) is 2.13. The second kappa shape index (κ2) is 7.74. The molecule has 0 aliphatic heterocycles. The molecule has 6 rings (SSSR count). The topological polar surface area (TPSA) is 29.9 Å². The van der Waals surface area contributed by atoms with E-state index in [-0.39, 0.29) is 0 Å². The third-order valence-electron chi connectivity index (χ3n) is 7.32. The molecule has 5 aromatic rings. The van der Waals surface area contributed by atoms with Crippen LogP contribution in [0.25, 0.3) is 44.1 Å². The molecular formula is C29H29N2O+. The van der Waals surface area contributed by atoms with Gasteiger partial charge in [0.05, 0.1) is 10.9 Å². The third-order valence-corrected chi connectivity index (χ3v) is 7.32. The summed E-state index contributed by atoms with van der Waals surface area (Å²) in [5, 5.41) is 4.59. The molecule has 3 heterocycles. The first-order valence-electron chi connectivity index (χ1n) is 11.9. The number of fused-ring (bicyclic) bond motifs is 5. The molecule has 0 N–H and O–H groups in total. The van der Waals surface area contributed by atoms with Crippen LogP contribution >= 0.6 is 0 Å². The van der Waals surface area contributed by atoms with Gasteiger partial charge in [-0.3, -0.25) is 0 Å². The maximum atomic E-state index is 6.45. The van der Waals surface area contributed by atoms with Crippen LogP contribution in [0, 0.1) is 12.8 Å². The lowest BCUT2D eigenvalue weighted by atomic mass is 9.85. The molecule has 0 atom stereocenters.